The Morgan fingerprint density at radius 2 is 2.00 bits per heavy atom. The minimum Gasteiger partial charge on any atom is -0.284 e. The largest absolute Gasteiger partial charge is 0.284 e. The maximum atomic E-state index is 12.8. The van der Waals surface area contributed by atoms with Crippen molar-refractivity contribution in [2.75, 3.05) is 11.4 Å². The average molecular weight is 405 g/mol. The summed E-state index contributed by atoms with van der Waals surface area (Å²) >= 11 is 13.6. The van der Waals surface area contributed by atoms with Crippen LogP contribution in [0.2, 0.25) is 10.0 Å². The van der Waals surface area contributed by atoms with Crippen molar-refractivity contribution in [2.24, 2.45) is 5.92 Å². The molecule has 1 heterocycles. The quantitative estimate of drug-likeness (QED) is 0.467. The second-order valence-electron chi connectivity index (χ2n) is 6.31. The van der Waals surface area contributed by atoms with Crippen molar-refractivity contribution in [1.82, 2.24) is 4.98 Å². The van der Waals surface area contributed by atoms with Gasteiger partial charge in [0.1, 0.15) is 0 Å². The van der Waals surface area contributed by atoms with Gasteiger partial charge in [-0.05, 0) is 41.8 Å². The Labute approximate surface area is 166 Å². The Bertz CT molecular complexity index is 932. The van der Waals surface area contributed by atoms with E-state index in [4.69, 9.17) is 23.2 Å². The third kappa shape index (κ3) is 4.44. The molecule has 0 bridgehead atoms. The lowest BCUT2D eigenvalue weighted by molar-refractivity contribution is -0.114. The van der Waals surface area contributed by atoms with Crippen LogP contribution in [0.5, 0.6) is 0 Å². The molecule has 0 unspecified atom stereocenters. The molecule has 6 heteroatoms. The summed E-state index contributed by atoms with van der Waals surface area (Å²) in [5.74, 6) is 0.197. The van der Waals surface area contributed by atoms with Crippen LogP contribution in [-0.2, 0) is 4.79 Å². The van der Waals surface area contributed by atoms with Crippen LogP contribution in [0.25, 0.3) is 16.3 Å². The van der Waals surface area contributed by atoms with Crippen LogP contribution < -0.4 is 4.90 Å². The molecule has 0 aliphatic rings. The maximum absolute atomic E-state index is 12.8. The highest BCUT2D eigenvalue weighted by molar-refractivity contribution is 7.22. The van der Waals surface area contributed by atoms with Crippen molar-refractivity contribution in [1.29, 1.82) is 0 Å². The van der Waals surface area contributed by atoms with E-state index in [2.05, 4.69) is 18.8 Å². The highest BCUT2D eigenvalue weighted by Gasteiger charge is 2.19. The predicted molar refractivity (Wildman–Crippen MR) is 112 cm³/mol. The molecule has 0 aliphatic heterocycles. The Hall–Kier alpha value is -1.88. The predicted octanol–water partition coefficient (Wildman–Crippen LogP) is 6.31. The van der Waals surface area contributed by atoms with E-state index in [9.17, 15) is 4.79 Å². The minimum absolute atomic E-state index is 0.122. The fraction of sp³-hybridized carbons (Fsp3) is 0.200. The lowest BCUT2D eigenvalue weighted by atomic mass is 10.2. The Balaban J connectivity index is 1.89. The summed E-state index contributed by atoms with van der Waals surface area (Å²) in [6.45, 7) is 4.75. The first kappa shape index (κ1) is 18.9. The molecule has 0 radical (unpaired) electrons. The zero-order valence-electron chi connectivity index (χ0n) is 14.4. The number of aromatic nitrogens is 1. The first-order chi connectivity index (χ1) is 12.4. The maximum Gasteiger partial charge on any atom is 0.252 e. The van der Waals surface area contributed by atoms with Gasteiger partial charge in [0, 0.05) is 22.7 Å². The van der Waals surface area contributed by atoms with Gasteiger partial charge in [0.05, 0.1) is 10.2 Å². The number of thiazole rings is 1. The van der Waals surface area contributed by atoms with E-state index in [-0.39, 0.29) is 5.91 Å². The van der Waals surface area contributed by atoms with Crippen LogP contribution in [0, 0.1) is 5.92 Å². The number of amides is 1. The van der Waals surface area contributed by atoms with E-state index >= 15 is 0 Å². The van der Waals surface area contributed by atoms with Crippen LogP contribution in [0.1, 0.15) is 19.4 Å². The minimum atomic E-state index is -0.122. The van der Waals surface area contributed by atoms with Crippen molar-refractivity contribution in [3.05, 3.63) is 64.1 Å². The van der Waals surface area contributed by atoms with Crippen LogP contribution in [0.4, 0.5) is 5.13 Å². The van der Waals surface area contributed by atoms with Crippen molar-refractivity contribution in [2.45, 2.75) is 13.8 Å². The molecule has 0 spiro atoms. The molecule has 0 fully saturated rings. The van der Waals surface area contributed by atoms with Crippen LogP contribution in [0.15, 0.2) is 48.5 Å². The number of carbonyl (C=O) groups is 1. The van der Waals surface area contributed by atoms with Crippen LogP contribution >= 0.6 is 34.5 Å². The molecule has 3 rings (SSSR count). The molecule has 1 aromatic heterocycles. The van der Waals surface area contributed by atoms with Gasteiger partial charge >= 0.3 is 0 Å². The zero-order valence-corrected chi connectivity index (χ0v) is 16.8. The number of nitrogens with zero attached hydrogens (tertiary/aromatic N) is 2. The molecule has 0 saturated carbocycles. The number of para-hydroxylation sites is 1. The third-order valence-electron chi connectivity index (χ3n) is 3.70. The summed E-state index contributed by atoms with van der Waals surface area (Å²) in [6, 6.07) is 13.1. The molecule has 26 heavy (non-hydrogen) atoms. The van der Waals surface area contributed by atoms with Crippen molar-refractivity contribution < 1.29 is 4.79 Å². The number of benzene rings is 2. The molecule has 1 amide bonds. The fourth-order valence-electron chi connectivity index (χ4n) is 2.49. The lowest BCUT2D eigenvalue weighted by Gasteiger charge is -2.20. The lowest BCUT2D eigenvalue weighted by Crippen LogP contribution is -2.32. The van der Waals surface area contributed by atoms with Gasteiger partial charge in [-0.1, -0.05) is 66.6 Å². The molecule has 3 aromatic rings. The number of carbonyl (C=O) groups excluding carboxylic acids is 1. The smallest absolute Gasteiger partial charge is 0.252 e. The van der Waals surface area contributed by atoms with Gasteiger partial charge in [-0.15, -0.1) is 0 Å². The van der Waals surface area contributed by atoms with E-state index in [1.54, 1.807) is 29.2 Å². The van der Waals surface area contributed by atoms with Crippen LogP contribution in [-0.4, -0.2) is 17.4 Å². The van der Waals surface area contributed by atoms with Crippen LogP contribution in [0.3, 0.4) is 0 Å². The summed E-state index contributed by atoms with van der Waals surface area (Å²) in [6.07, 6.45) is 3.24. The average Bonchev–Trinajstić information content (AvgIpc) is 3.02. The van der Waals surface area contributed by atoms with E-state index in [0.717, 1.165) is 15.8 Å². The monoisotopic (exact) mass is 404 g/mol. The summed E-state index contributed by atoms with van der Waals surface area (Å²) in [5, 5.41) is 1.78. The summed E-state index contributed by atoms with van der Waals surface area (Å²) in [7, 11) is 0. The molecule has 0 aliphatic carbocycles. The van der Waals surface area contributed by atoms with Gasteiger partial charge in [-0.25, -0.2) is 4.98 Å². The van der Waals surface area contributed by atoms with Gasteiger partial charge in [0.15, 0.2) is 5.13 Å². The number of fused-ring (bicyclic) bond motifs is 1. The number of hydrogen-bond donors (Lipinski definition) is 0. The Morgan fingerprint density at radius 1 is 1.23 bits per heavy atom. The molecule has 134 valence electrons. The Morgan fingerprint density at radius 3 is 2.69 bits per heavy atom. The highest BCUT2D eigenvalue weighted by atomic mass is 35.5. The first-order valence-corrected chi connectivity index (χ1v) is 9.81. The molecule has 0 N–H and O–H groups in total. The second-order valence-corrected chi connectivity index (χ2v) is 8.16. The molecule has 0 saturated heterocycles. The second kappa shape index (κ2) is 8.21. The van der Waals surface area contributed by atoms with Gasteiger partial charge in [-0.3, -0.25) is 9.69 Å². The van der Waals surface area contributed by atoms with Crippen molar-refractivity contribution >= 4 is 61.9 Å². The topological polar surface area (TPSA) is 33.2 Å². The first-order valence-electron chi connectivity index (χ1n) is 8.24. The number of hydrogen-bond acceptors (Lipinski definition) is 3. The molecule has 0 atom stereocenters. The van der Waals surface area contributed by atoms with Crippen molar-refractivity contribution in [3.8, 4) is 0 Å². The van der Waals surface area contributed by atoms with Gasteiger partial charge < -0.3 is 0 Å². The summed E-state index contributed by atoms with van der Waals surface area (Å²) < 4.78 is 1.06. The van der Waals surface area contributed by atoms with E-state index < -0.39 is 0 Å². The number of anilines is 1. The Kier molecular flexibility index (Phi) is 5.97. The van der Waals surface area contributed by atoms with Crippen molar-refractivity contribution in [3.63, 3.8) is 0 Å². The van der Waals surface area contributed by atoms with Gasteiger partial charge in [0.2, 0.25) is 0 Å². The van der Waals surface area contributed by atoms with Gasteiger partial charge in [0.25, 0.3) is 5.91 Å². The fourth-order valence-corrected chi connectivity index (χ4v) is 3.94. The highest BCUT2D eigenvalue weighted by Crippen LogP contribution is 2.29. The number of rotatable bonds is 5. The molecule has 3 nitrogen and oxygen atoms in total. The number of halogens is 2. The van der Waals surface area contributed by atoms with E-state index in [0.29, 0.717) is 27.6 Å². The molecule has 2 aromatic carbocycles. The van der Waals surface area contributed by atoms with E-state index in [1.807, 2.05) is 24.3 Å². The van der Waals surface area contributed by atoms with Gasteiger partial charge in [-0.2, -0.15) is 0 Å². The summed E-state index contributed by atoms with van der Waals surface area (Å²) in [5.41, 5.74) is 1.65. The standard InChI is InChI=1S/C20H18Cl2N2OS/c1-13(2)12-24(20-23-17-5-3-4-6-18(17)26-20)19(25)10-8-14-7-9-15(21)11-16(14)22/h3-11,13H,12H2,1-2H3. The third-order valence-corrected chi connectivity index (χ3v) is 5.32. The summed E-state index contributed by atoms with van der Waals surface area (Å²) in [4.78, 5) is 19.2. The normalized spacial score (nSPS) is 11.6. The molecular weight excluding hydrogens is 387 g/mol. The van der Waals surface area contributed by atoms with E-state index in [1.165, 1.54) is 17.4 Å². The molecular formula is C20H18Cl2N2OS. The SMILES string of the molecule is CC(C)CN(C(=O)C=Cc1ccc(Cl)cc1Cl)c1nc2ccccc2s1. The zero-order chi connectivity index (χ0) is 18.7.